The van der Waals surface area contributed by atoms with Gasteiger partial charge < -0.3 is 0 Å². The minimum absolute atomic E-state index is 0.0137. The topological polar surface area (TPSA) is 52.0 Å². The Morgan fingerprint density at radius 2 is 2.00 bits per heavy atom. The number of allylic oxidation sites excluding steroid dienone is 1. The molecule has 0 bridgehead atoms. The van der Waals surface area contributed by atoms with Crippen LogP contribution < -0.4 is 5.56 Å². The molecule has 0 amide bonds. The van der Waals surface area contributed by atoms with E-state index in [1.807, 2.05) is 0 Å². The lowest BCUT2D eigenvalue weighted by Gasteiger charge is -2.27. The van der Waals surface area contributed by atoms with E-state index in [0.29, 0.717) is 22.1 Å². The number of fused-ring (bicyclic) bond motifs is 1. The summed E-state index contributed by atoms with van der Waals surface area (Å²) in [5.41, 5.74) is 0.357. The Kier molecular flexibility index (Phi) is 3.81. The molecule has 2 aromatic rings. The molecule has 0 aliphatic heterocycles. The zero-order chi connectivity index (χ0) is 17.6. The number of carbonyl (C=O) groups is 1. The Labute approximate surface area is 135 Å². The van der Waals surface area contributed by atoms with Crippen molar-refractivity contribution < 1.29 is 18.0 Å². The van der Waals surface area contributed by atoms with Gasteiger partial charge in [0, 0.05) is 6.42 Å². The molecule has 1 aromatic heterocycles. The van der Waals surface area contributed by atoms with Crippen molar-refractivity contribution in [2.75, 3.05) is 0 Å². The predicted octanol–water partition coefficient (Wildman–Crippen LogP) is 3.57. The fraction of sp³-hybridized carbons (Fsp3) is 0.353. The highest BCUT2D eigenvalue weighted by Gasteiger charge is 2.41. The Hall–Kier alpha value is -2.44. The molecule has 1 aromatic carbocycles. The highest BCUT2D eigenvalue weighted by molar-refractivity contribution is 5.87. The average Bonchev–Trinajstić information content (AvgIpc) is 2.47. The van der Waals surface area contributed by atoms with E-state index in [2.05, 4.69) is 11.6 Å². The summed E-state index contributed by atoms with van der Waals surface area (Å²) in [6.07, 6.45) is -4.31. The molecule has 126 valence electrons. The molecule has 24 heavy (non-hydrogen) atoms. The first kappa shape index (κ1) is 16.4. The molecule has 3 rings (SSSR count). The lowest BCUT2D eigenvalue weighted by molar-refractivity contribution is -0.149. The van der Waals surface area contributed by atoms with Crippen molar-refractivity contribution >= 4 is 16.7 Å². The van der Waals surface area contributed by atoms with E-state index in [0.717, 1.165) is 0 Å². The van der Waals surface area contributed by atoms with Gasteiger partial charge in [0.15, 0.2) is 5.78 Å². The molecule has 7 heteroatoms. The zero-order valence-corrected chi connectivity index (χ0v) is 13.0. The van der Waals surface area contributed by atoms with Crippen LogP contribution in [0.15, 0.2) is 35.1 Å². The molecule has 1 saturated carbocycles. The first-order valence-corrected chi connectivity index (χ1v) is 7.48. The Balaban J connectivity index is 2.34. The summed E-state index contributed by atoms with van der Waals surface area (Å²) in [6, 6.07) is 3.39. The van der Waals surface area contributed by atoms with Crippen LogP contribution in [0.4, 0.5) is 13.2 Å². The smallest absolute Gasteiger partial charge is 0.297 e. The van der Waals surface area contributed by atoms with Crippen molar-refractivity contribution in [3.05, 3.63) is 52.1 Å². The summed E-state index contributed by atoms with van der Waals surface area (Å²) in [4.78, 5) is 28.7. The molecule has 1 fully saturated rings. The third kappa shape index (κ3) is 2.64. The number of benzene rings is 1. The quantitative estimate of drug-likeness (QED) is 0.748. The number of aromatic nitrogens is 2. The summed E-state index contributed by atoms with van der Waals surface area (Å²) in [7, 11) is 0. The molecule has 0 saturated heterocycles. The second-order valence-corrected chi connectivity index (χ2v) is 6.02. The monoisotopic (exact) mass is 336 g/mol. The highest BCUT2D eigenvalue weighted by atomic mass is 19.4. The van der Waals surface area contributed by atoms with E-state index in [9.17, 15) is 22.8 Å². The van der Waals surface area contributed by atoms with Crippen molar-refractivity contribution in [2.45, 2.75) is 38.4 Å². The van der Waals surface area contributed by atoms with Crippen molar-refractivity contribution in [1.29, 1.82) is 0 Å². The fourth-order valence-electron chi connectivity index (χ4n) is 3.12. The van der Waals surface area contributed by atoms with Crippen LogP contribution in [0.3, 0.4) is 0 Å². The summed E-state index contributed by atoms with van der Waals surface area (Å²) < 4.78 is 40.9. The average molecular weight is 336 g/mol. The van der Waals surface area contributed by atoms with Crippen LogP contribution in [0, 0.1) is 6.92 Å². The lowest BCUT2D eigenvalue weighted by atomic mass is 9.90. The number of rotatable bonds is 1. The molecule has 1 aliphatic carbocycles. The molecule has 1 heterocycles. The van der Waals surface area contributed by atoms with E-state index in [1.165, 1.54) is 6.07 Å². The molecule has 1 atom stereocenters. The second kappa shape index (κ2) is 5.58. The van der Waals surface area contributed by atoms with Crippen LogP contribution >= 0.6 is 0 Å². The summed E-state index contributed by atoms with van der Waals surface area (Å²) in [5.74, 6) is -1.76. The Bertz CT molecular complexity index is 912. The zero-order valence-electron chi connectivity index (χ0n) is 13.0. The van der Waals surface area contributed by atoms with Crippen LogP contribution in [0.5, 0.6) is 0 Å². The Morgan fingerprint density at radius 3 is 2.62 bits per heavy atom. The van der Waals surface area contributed by atoms with Gasteiger partial charge in [-0.2, -0.15) is 13.2 Å². The molecule has 4 nitrogen and oxygen atoms in total. The van der Waals surface area contributed by atoms with Crippen molar-refractivity contribution in [2.24, 2.45) is 0 Å². The predicted molar refractivity (Wildman–Crippen MR) is 82.8 cm³/mol. The number of alkyl halides is 3. The van der Waals surface area contributed by atoms with Crippen LogP contribution in [0.2, 0.25) is 0 Å². The van der Waals surface area contributed by atoms with Crippen LogP contribution in [-0.2, 0) is 11.0 Å². The third-order valence-corrected chi connectivity index (χ3v) is 4.27. The number of carbonyl (C=O) groups excluding carboxylic acids is 1. The van der Waals surface area contributed by atoms with Gasteiger partial charge in [-0.25, -0.2) is 4.98 Å². The second-order valence-electron chi connectivity index (χ2n) is 6.02. The molecule has 0 radical (unpaired) electrons. The molecule has 0 spiro atoms. The normalized spacial score (nSPS) is 19.1. The molecule has 0 N–H and O–H groups in total. The minimum Gasteiger partial charge on any atom is -0.297 e. The summed E-state index contributed by atoms with van der Waals surface area (Å²) in [5, 5.41) is 0.114. The van der Waals surface area contributed by atoms with E-state index < -0.39 is 29.4 Å². The number of halogens is 3. The lowest BCUT2D eigenvalue weighted by Crippen LogP contribution is -2.38. The van der Waals surface area contributed by atoms with Crippen molar-refractivity contribution in [3.63, 3.8) is 0 Å². The van der Waals surface area contributed by atoms with Crippen LogP contribution in [0.1, 0.15) is 36.7 Å². The van der Waals surface area contributed by atoms with Gasteiger partial charge in [-0.3, -0.25) is 14.2 Å². The van der Waals surface area contributed by atoms with Gasteiger partial charge in [-0.15, -0.1) is 0 Å². The number of nitrogens with zero attached hydrogens (tertiary/aromatic N) is 2. The third-order valence-electron chi connectivity index (χ3n) is 4.27. The standard InChI is InChI=1S/C17H15F3N2O2/c1-9-6-7-12(13(23)8-9)22-15(24)14-10(2)4-3-5-11(14)21-16(22)17(18,19)20/h3-5,12H,1,6-8H2,2H3. The molecular weight excluding hydrogens is 321 g/mol. The maximum Gasteiger partial charge on any atom is 0.449 e. The summed E-state index contributed by atoms with van der Waals surface area (Å²) in [6.45, 7) is 5.34. The van der Waals surface area contributed by atoms with Gasteiger partial charge in [0.25, 0.3) is 5.56 Å². The van der Waals surface area contributed by atoms with Gasteiger partial charge in [-0.1, -0.05) is 24.3 Å². The van der Waals surface area contributed by atoms with Crippen molar-refractivity contribution in [1.82, 2.24) is 9.55 Å². The molecule has 1 aliphatic rings. The number of ketones is 1. The molecule has 1 unspecified atom stereocenters. The van der Waals surface area contributed by atoms with Gasteiger partial charge in [-0.05, 0) is 31.4 Å². The largest absolute Gasteiger partial charge is 0.449 e. The van der Waals surface area contributed by atoms with Gasteiger partial charge in [0.1, 0.15) is 0 Å². The number of aryl methyl sites for hydroxylation is 1. The number of Topliss-reactive ketones (excluding diaryl/α,β-unsaturated/α-hetero) is 1. The maximum atomic E-state index is 13.5. The Morgan fingerprint density at radius 1 is 1.29 bits per heavy atom. The van der Waals surface area contributed by atoms with E-state index in [4.69, 9.17) is 0 Å². The van der Waals surface area contributed by atoms with Gasteiger partial charge in [0.05, 0.1) is 16.9 Å². The number of hydrogen-bond donors (Lipinski definition) is 0. The van der Waals surface area contributed by atoms with Crippen molar-refractivity contribution in [3.8, 4) is 0 Å². The number of hydrogen-bond acceptors (Lipinski definition) is 3. The van der Waals surface area contributed by atoms with Crippen LogP contribution in [0.25, 0.3) is 10.9 Å². The first-order chi connectivity index (χ1) is 11.2. The fourth-order valence-corrected chi connectivity index (χ4v) is 3.12. The van der Waals surface area contributed by atoms with Crippen LogP contribution in [-0.4, -0.2) is 15.3 Å². The van der Waals surface area contributed by atoms with Gasteiger partial charge >= 0.3 is 6.18 Å². The van der Waals surface area contributed by atoms with E-state index >= 15 is 0 Å². The highest BCUT2D eigenvalue weighted by Crippen LogP contribution is 2.34. The van der Waals surface area contributed by atoms with E-state index in [1.54, 1.807) is 19.1 Å². The molecular formula is C17H15F3N2O2. The maximum absolute atomic E-state index is 13.5. The SMILES string of the molecule is C=C1CCC(n2c(C(F)(F)F)nc3cccc(C)c3c2=O)C(=O)C1. The minimum atomic E-state index is -4.83. The van der Waals surface area contributed by atoms with E-state index in [-0.39, 0.29) is 23.7 Å². The first-order valence-electron chi connectivity index (χ1n) is 7.48. The van der Waals surface area contributed by atoms with Gasteiger partial charge in [0.2, 0.25) is 5.82 Å². The summed E-state index contributed by atoms with van der Waals surface area (Å²) >= 11 is 0.